The van der Waals surface area contributed by atoms with Gasteiger partial charge in [-0.25, -0.2) is 0 Å². The van der Waals surface area contributed by atoms with E-state index in [-0.39, 0.29) is 5.91 Å². The zero-order valence-electron chi connectivity index (χ0n) is 12.7. The normalized spacial score (nSPS) is 21.9. The molecular formula is C17H24N2O2. The van der Waals surface area contributed by atoms with Crippen LogP contribution in [0.15, 0.2) is 24.3 Å². The van der Waals surface area contributed by atoms with Crippen molar-refractivity contribution < 1.29 is 9.53 Å². The van der Waals surface area contributed by atoms with E-state index < -0.39 is 0 Å². The molecule has 1 aromatic rings. The molecule has 1 unspecified atom stereocenters. The Morgan fingerprint density at radius 2 is 2.05 bits per heavy atom. The Morgan fingerprint density at radius 1 is 1.29 bits per heavy atom. The van der Waals surface area contributed by atoms with Crippen LogP contribution in [-0.4, -0.2) is 43.6 Å². The van der Waals surface area contributed by atoms with E-state index in [9.17, 15) is 4.79 Å². The van der Waals surface area contributed by atoms with Crippen LogP contribution in [0.25, 0.3) is 0 Å². The van der Waals surface area contributed by atoms with Gasteiger partial charge < -0.3 is 15.0 Å². The Bertz CT molecular complexity index is 476. The summed E-state index contributed by atoms with van der Waals surface area (Å²) in [7, 11) is 1.64. The van der Waals surface area contributed by atoms with E-state index in [1.165, 1.54) is 12.8 Å². The molecule has 1 heterocycles. The lowest BCUT2D eigenvalue weighted by atomic mass is 9.98. The molecule has 1 atom stereocenters. The molecule has 1 aromatic carbocycles. The minimum atomic E-state index is 0.172. The number of nitrogens with zero attached hydrogens (tertiary/aromatic N) is 1. The summed E-state index contributed by atoms with van der Waals surface area (Å²) >= 11 is 0. The van der Waals surface area contributed by atoms with Crippen LogP contribution in [0.3, 0.4) is 0 Å². The zero-order chi connectivity index (χ0) is 14.7. The highest BCUT2D eigenvalue weighted by Crippen LogP contribution is 2.30. The average molecular weight is 288 g/mol. The van der Waals surface area contributed by atoms with Crippen molar-refractivity contribution in [1.82, 2.24) is 10.2 Å². The third-order valence-electron chi connectivity index (χ3n) is 4.44. The first kappa shape index (κ1) is 14.4. The van der Waals surface area contributed by atoms with Gasteiger partial charge in [-0.15, -0.1) is 0 Å². The predicted molar refractivity (Wildman–Crippen MR) is 82.6 cm³/mol. The highest BCUT2D eigenvalue weighted by molar-refractivity contribution is 5.94. The van der Waals surface area contributed by atoms with Crippen molar-refractivity contribution in [2.45, 2.75) is 31.7 Å². The van der Waals surface area contributed by atoms with Crippen molar-refractivity contribution >= 4 is 5.91 Å². The molecule has 4 heteroatoms. The van der Waals surface area contributed by atoms with Crippen LogP contribution in [0.5, 0.6) is 5.75 Å². The number of carbonyl (C=O) groups is 1. The van der Waals surface area contributed by atoms with E-state index in [4.69, 9.17) is 4.74 Å². The monoisotopic (exact) mass is 288 g/mol. The maximum atomic E-state index is 12.8. The first-order valence-corrected chi connectivity index (χ1v) is 7.93. The van der Waals surface area contributed by atoms with E-state index in [1.807, 2.05) is 24.3 Å². The van der Waals surface area contributed by atoms with E-state index in [0.29, 0.717) is 12.0 Å². The van der Waals surface area contributed by atoms with Gasteiger partial charge in [0.25, 0.3) is 5.91 Å². The number of piperidine rings is 1. The Morgan fingerprint density at radius 3 is 2.62 bits per heavy atom. The van der Waals surface area contributed by atoms with Crippen molar-refractivity contribution in [3.05, 3.63) is 29.8 Å². The van der Waals surface area contributed by atoms with Crippen LogP contribution >= 0.6 is 0 Å². The maximum Gasteiger partial charge on any atom is 0.254 e. The number of carbonyl (C=O) groups excluding carboxylic acids is 1. The van der Waals surface area contributed by atoms with Gasteiger partial charge in [0.2, 0.25) is 0 Å². The van der Waals surface area contributed by atoms with Crippen LogP contribution < -0.4 is 10.1 Å². The number of hydrogen-bond donors (Lipinski definition) is 1. The molecule has 21 heavy (non-hydrogen) atoms. The Kier molecular flexibility index (Phi) is 4.44. The van der Waals surface area contributed by atoms with Crippen molar-refractivity contribution in [1.29, 1.82) is 0 Å². The van der Waals surface area contributed by atoms with Crippen molar-refractivity contribution in [2.75, 3.05) is 26.7 Å². The lowest BCUT2D eigenvalue weighted by molar-refractivity contribution is 0.0704. The van der Waals surface area contributed by atoms with E-state index in [0.717, 1.165) is 43.8 Å². The first-order valence-electron chi connectivity index (χ1n) is 7.93. The molecule has 0 spiro atoms. The fraction of sp³-hybridized carbons (Fsp3) is 0.588. The van der Waals surface area contributed by atoms with Crippen molar-refractivity contribution in [3.8, 4) is 5.75 Å². The molecule has 3 rings (SSSR count). The summed E-state index contributed by atoms with van der Waals surface area (Å²) in [6, 6.07) is 7.92. The summed E-state index contributed by atoms with van der Waals surface area (Å²) < 4.78 is 5.16. The molecule has 1 saturated heterocycles. The van der Waals surface area contributed by atoms with Gasteiger partial charge in [-0.1, -0.05) is 0 Å². The quantitative estimate of drug-likeness (QED) is 0.904. The van der Waals surface area contributed by atoms with Crippen LogP contribution in [0.1, 0.15) is 36.0 Å². The molecule has 0 bridgehead atoms. The number of benzene rings is 1. The van der Waals surface area contributed by atoms with Crippen molar-refractivity contribution in [2.24, 2.45) is 5.92 Å². The Balaban J connectivity index is 1.68. The van der Waals surface area contributed by atoms with Gasteiger partial charge in [0.1, 0.15) is 5.75 Å². The van der Waals surface area contributed by atoms with Gasteiger partial charge in [0, 0.05) is 18.2 Å². The van der Waals surface area contributed by atoms with Gasteiger partial charge in [-0.2, -0.15) is 0 Å². The van der Waals surface area contributed by atoms with Gasteiger partial charge in [-0.05, 0) is 69.0 Å². The minimum Gasteiger partial charge on any atom is -0.497 e. The van der Waals surface area contributed by atoms with E-state index >= 15 is 0 Å². The molecule has 0 radical (unpaired) electrons. The standard InChI is InChI=1S/C17H24N2O2/c1-21-16-8-4-14(5-9-16)17(20)19(15-6-7-15)12-13-3-2-10-18-11-13/h4-5,8-9,13,15,18H,2-3,6-7,10-12H2,1H3. The Labute approximate surface area is 126 Å². The third-order valence-corrected chi connectivity index (χ3v) is 4.44. The number of hydrogen-bond acceptors (Lipinski definition) is 3. The molecule has 1 aliphatic heterocycles. The second-order valence-corrected chi connectivity index (χ2v) is 6.13. The third kappa shape index (κ3) is 3.56. The summed E-state index contributed by atoms with van der Waals surface area (Å²) in [6.07, 6.45) is 4.76. The van der Waals surface area contributed by atoms with Gasteiger partial charge in [0.15, 0.2) is 0 Å². The molecule has 4 nitrogen and oxygen atoms in total. The van der Waals surface area contributed by atoms with Gasteiger partial charge in [-0.3, -0.25) is 4.79 Å². The highest BCUT2D eigenvalue weighted by Gasteiger charge is 2.34. The van der Waals surface area contributed by atoms with E-state index in [1.54, 1.807) is 7.11 Å². The summed E-state index contributed by atoms with van der Waals surface area (Å²) in [5.74, 6) is 1.56. The molecule has 1 amide bonds. The molecule has 1 N–H and O–H groups in total. The SMILES string of the molecule is COc1ccc(C(=O)N(CC2CCCNC2)C2CC2)cc1. The predicted octanol–water partition coefficient (Wildman–Crippen LogP) is 2.30. The minimum absolute atomic E-state index is 0.172. The topological polar surface area (TPSA) is 41.6 Å². The summed E-state index contributed by atoms with van der Waals surface area (Å²) in [4.78, 5) is 14.9. The lowest BCUT2D eigenvalue weighted by Gasteiger charge is -2.30. The number of nitrogens with one attached hydrogen (secondary N) is 1. The smallest absolute Gasteiger partial charge is 0.254 e. The number of ether oxygens (including phenoxy) is 1. The van der Waals surface area contributed by atoms with E-state index in [2.05, 4.69) is 10.2 Å². The van der Waals surface area contributed by atoms with Gasteiger partial charge in [0.05, 0.1) is 7.11 Å². The zero-order valence-corrected chi connectivity index (χ0v) is 12.7. The second kappa shape index (κ2) is 6.48. The van der Waals surface area contributed by atoms with Crippen LogP contribution in [-0.2, 0) is 0 Å². The number of rotatable bonds is 5. The summed E-state index contributed by atoms with van der Waals surface area (Å²) in [5.41, 5.74) is 0.770. The lowest BCUT2D eigenvalue weighted by Crippen LogP contribution is -2.42. The molecule has 0 aromatic heterocycles. The Hall–Kier alpha value is -1.55. The number of methoxy groups -OCH3 is 1. The van der Waals surface area contributed by atoms with Crippen molar-refractivity contribution in [3.63, 3.8) is 0 Å². The summed E-state index contributed by atoms with van der Waals surface area (Å²) in [5, 5.41) is 3.44. The number of amides is 1. The molecule has 1 saturated carbocycles. The van der Waals surface area contributed by atoms with Crippen LogP contribution in [0, 0.1) is 5.92 Å². The summed E-state index contributed by atoms with van der Waals surface area (Å²) in [6.45, 7) is 3.05. The second-order valence-electron chi connectivity index (χ2n) is 6.13. The average Bonchev–Trinajstić information content (AvgIpc) is 3.38. The highest BCUT2D eigenvalue weighted by atomic mass is 16.5. The molecular weight excluding hydrogens is 264 g/mol. The molecule has 2 aliphatic rings. The van der Waals surface area contributed by atoms with Crippen LogP contribution in [0.4, 0.5) is 0 Å². The first-order chi connectivity index (χ1) is 10.3. The van der Waals surface area contributed by atoms with Crippen LogP contribution in [0.2, 0.25) is 0 Å². The molecule has 2 fully saturated rings. The molecule has 114 valence electrons. The fourth-order valence-electron chi connectivity index (χ4n) is 3.04. The maximum absolute atomic E-state index is 12.8. The largest absolute Gasteiger partial charge is 0.497 e. The molecule has 1 aliphatic carbocycles. The van der Waals surface area contributed by atoms with Gasteiger partial charge >= 0.3 is 0 Å². The fourth-order valence-corrected chi connectivity index (χ4v) is 3.04.